The Morgan fingerprint density at radius 1 is 0.938 bits per heavy atom. The van der Waals surface area contributed by atoms with Gasteiger partial charge in [0, 0.05) is 65.0 Å². The third-order valence-electron chi connectivity index (χ3n) is 6.98. The van der Waals surface area contributed by atoms with E-state index in [1.165, 1.54) is 6.42 Å². The molecule has 0 saturated carbocycles. The molecule has 0 aliphatic carbocycles. The number of piperidine rings is 2. The maximum absolute atomic E-state index is 12.8. The van der Waals surface area contributed by atoms with Gasteiger partial charge in [-0.3, -0.25) is 9.69 Å². The minimum atomic E-state index is -0.0393. The average Bonchev–Trinajstić information content (AvgIpc) is 2.79. The molecule has 3 aliphatic heterocycles. The van der Waals surface area contributed by atoms with E-state index in [1.54, 1.807) is 31.2 Å². The molecule has 0 aromatic heterocycles. The Morgan fingerprint density at radius 2 is 1.56 bits per heavy atom. The quantitative estimate of drug-likeness (QED) is 0.759. The third kappa shape index (κ3) is 5.78. The lowest BCUT2D eigenvalue weighted by Crippen LogP contribution is -2.55. The summed E-state index contributed by atoms with van der Waals surface area (Å²) < 4.78 is 0. The Hall–Kier alpha value is -2.63. The molecule has 1 aromatic carbocycles. The van der Waals surface area contributed by atoms with Crippen molar-refractivity contribution in [3.8, 4) is 6.07 Å². The molecule has 2 bridgehead atoms. The molecule has 3 heterocycles. The summed E-state index contributed by atoms with van der Waals surface area (Å²) in [6.07, 6.45) is 2.37. The molecule has 32 heavy (non-hydrogen) atoms. The Morgan fingerprint density at radius 3 is 2.16 bits per heavy atom. The molecule has 3 aliphatic rings. The number of hydrogen-bond acceptors (Lipinski definition) is 5. The van der Waals surface area contributed by atoms with Crippen LogP contribution in [0.2, 0.25) is 0 Å². The van der Waals surface area contributed by atoms with Gasteiger partial charge in [-0.2, -0.15) is 5.26 Å². The van der Waals surface area contributed by atoms with Crippen molar-refractivity contribution in [1.29, 1.82) is 5.26 Å². The van der Waals surface area contributed by atoms with Crippen molar-refractivity contribution in [2.75, 3.05) is 70.8 Å². The van der Waals surface area contributed by atoms with Gasteiger partial charge in [0.1, 0.15) is 0 Å². The van der Waals surface area contributed by atoms with Crippen LogP contribution in [0.1, 0.15) is 25.3 Å². The number of nitriles is 1. The van der Waals surface area contributed by atoms with E-state index in [4.69, 9.17) is 5.26 Å². The Balaban J connectivity index is 1.18. The number of benzene rings is 1. The first-order chi connectivity index (χ1) is 15.5. The SMILES string of the molecule is CC(=O)N1CCN(CCCN2CC3CC(C2)CN(C(=O)Nc2ccc(C#N)cc2)C3)CC1. The van der Waals surface area contributed by atoms with Gasteiger partial charge < -0.3 is 20.0 Å². The van der Waals surface area contributed by atoms with Crippen molar-refractivity contribution in [1.82, 2.24) is 19.6 Å². The van der Waals surface area contributed by atoms with Gasteiger partial charge in [0.25, 0.3) is 0 Å². The summed E-state index contributed by atoms with van der Waals surface area (Å²) in [6.45, 7) is 11.3. The number of nitrogens with one attached hydrogen (secondary N) is 1. The van der Waals surface area contributed by atoms with Crippen LogP contribution in [0.15, 0.2) is 24.3 Å². The molecule has 4 rings (SSSR count). The number of rotatable bonds is 5. The molecule has 0 radical (unpaired) electrons. The van der Waals surface area contributed by atoms with Gasteiger partial charge in [-0.1, -0.05) is 0 Å². The van der Waals surface area contributed by atoms with E-state index >= 15 is 0 Å². The highest BCUT2D eigenvalue weighted by atomic mass is 16.2. The van der Waals surface area contributed by atoms with E-state index in [0.717, 1.165) is 77.6 Å². The summed E-state index contributed by atoms with van der Waals surface area (Å²) in [5.74, 6) is 1.26. The molecular formula is C24H34N6O2. The predicted molar refractivity (Wildman–Crippen MR) is 123 cm³/mol. The number of carbonyl (C=O) groups is 2. The van der Waals surface area contributed by atoms with E-state index in [9.17, 15) is 9.59 Å². The van der Waals surface area contributed by atoms with E-state index < -0.39 is 0 Å². The van der Waals surface area contributed by atoms with Gasteiger partial charge in [-0.15, -0.1) is 0 Å². The van der Waals surface area contributed by atoms with Crippen LogP contribution in [0.4, 0.5) is 10.5 Å². The largest absolute Gasteiger partial charge is 0.340 e. The molecule has 172 valence electrons. The van der Waals surface area contributed by atoms with E-state index in [2.05, 4.69) is 21.2 Å². The van der Waals surface area contributed by atoms with Crippen LogP contribution in [0.25, 0.3) is 0 Å². The van der Waals surface area contributed by atoms with Crippen LogP contribution in [-0.4, -0.2) is 97.0 Å². The van der Waals surface area contributed by atoms with E-state index in [1.807, 2.05) is 9.80 Å². The van der Waals surface area contributed by atoms with E-state index in [0.29, 0.717) is 17.4 Å². The number of fused-ring (bicyclic) bond motifs is 2. The second kappa shape index (κ2) is 10.3. The van der Waals surface area contributed by atoms with Crippen LogP contribution in [-0.2, 0) is 4.79 Å². The molecule has 1 N–H and O–H groups in total. The predicted octanol–water partition coefficient (Wildman–Crippen LogP) is 1.90. The number of amides is 3. The van der Waals surface area contributed by atoms with Gasteiger partial charge in [-0.25, -0.2) is 4.79 Å². The summed E-state index contributed by atoms with van der Waals surface area (Å²) in [5, 5.41) is 11.9. The highest BCUT2D eigenvalue weighted by Gasteiger charge is 2.35. The maximum Gasteiger partial charge on any atom is 0.321 e. The summed E-state index contributed by atoms with van der Waals surface area (Å²) in [4.78, 5) is 33.2. The molecule has 8 heteroatoms. The minimum absolute atomic E-state index is 0.0393. The Labute approximate surface area is 190 Å². The standard InChI is InChI=1S/C24H34N6O2/c1-19(31)29-11-9-27(10-12-29)7-2-8-28-15-21-13-22(16-28)18-30(17-21)24(32)26-23-5-3-20(14-25)4-6-23/h3-6,21-22H,2,7-13,15-18H2,1H3,(H,26,32). The van der Waals surface area contributed by atoms with Crippen molar-refractivity contribution >= 4 is 17.6 Å². The monoisotopic (exact) mass is 438 g/mol. The fourth-order valence-corrected chi connectivity index (χ4v) is 5.37. The first-order valence-corrected chi connectivity index (χ1v) is 11.8. The molecular weight excluding hydrogens is 404 g/mol. The van der Waals surface area contributed by atoms with Crippen LogP contribution in [0, 0.1) is 23.2 Å². The first-order valence-electron chi connectivity index (χ1n) is 11.8. The van der Waals surface area contributed by atoms with Crippen molar-refractivity contribution in [2.24, 2.45) is 11.8 Å². The third-order valence-corrected chi connectivity index (χ3v) is 6.98. The average molecular weight is 439 g/mol. The molecule has 3 amide bonds. The van der Waals surface area contributed by atoms with Crippen molar-refractivity contribution in [3.63, 3.8) is 0 Å². The first kappa shape index (κ1) is 22.6. The molecule has 2 atom stereocenters. The van der Waals surface area contributed by atoms with Crippen molar-refractivity contribution in [2.45, 2.75) is 19.8 Å². The zero-order valence-electron chi connectivity index (χ0n) is 19.0. The topological polar surface area (TPSA) is 82.9 Å². The van der Waals surface area contributed by atoms with Gasteiger partial charge in [0.05, 0.1) is 11.6 Å². The Bertz CT molecular complexity index is 829. The number of urea groups is 1. The number of nitrogens with zero attached hydrogens (tertiary/aromatic N) is 5. The number of hydrogen-bond donors (Lipinski definition) is 1. The molecule has 8 nitrogen and oxygen atoms in total. The number of piperazine rings is 1. The molecule has 3 saturated heterocycles. The van der Waals surface area contributed by atoms with Crippen LogP contribution in [0.3, 0.4) is 0 Å². The second-order valence-corrected chi connectivity index (χ2v) is 9.45. The molecule has 2 unspecified atom stereocenters. The van der Waals surface area contributed by atoms with Gasteiger partial charge in [0.15, 0.2) is 0 Å². The summed E-state index contributed by atoms with van der Waals surface area (Å²) in [7, 11) is 0. The van der Waals surface area contributed by atoms with Gasteiger partial charge >= 0.3 is 6.03 Å². The van der Waals surface area contributed by atoms with Gasteiger partial charge in [0.2, 0.25) is 5.91 Å². The summed E-state index contributed by atoms with van der Waals surface area (Å²) in [5.41, 5.74) is 1.32. The highest BCUT2D eigenvalue weighted by Crippen LogP contribution is 2.29. The molecule has 3 fully saturated rings. The lowest BCUT2D eigenvalue weighted by molar-refractivity contribution is -0.130. The number of anilines is 1. The lowest BCUT2D eigenvalue weighted by atomic mass is 9.84. The number of likely N-dealkylation sites (tertiary alicyclic amines) is 2. The maximum atomic E-state index is 12.8. The fraction of sp³-hybridized carbons (Fsp3) is 0.625. The van der Waals surface area contributed by atoms with Gasteiger partial charge in [-0.05, 0) is 62.0 Å². The summed E-state index contributed by atoms with van der Waals surface area (Å²) >= 11 is 0. The van der Waals surface area contributed by atoms with Crippen LogP contribution < -0.4 is 5.32 Å². The normalized spacial score (nSPS) is 24.1. The fourth-order valence-electron chi connectivity index (χ4n) is 5.37. The van der Waals surface area contributed by atoms with Crippen molar-refractivity contribution in [3.05, 3.63) is 29.8 Å². The number of carbonyl (C=O) groups excluding carboxylic acids is 2. The van der Waals surface area contributed by atoms with Crippen molar-refractivity contribution < 1.29 is 9.59 Å². The summed E-state index contributed by atoms with van der Waals surface area (Å²) in [6, 6.07) is 9.07. The zero-order chi connectivity index (χ0) is 22.5. The van der Waals surface area contributed by atoms with E-state index in [-0.39, 0.29) is 11.9 Å². The second-order valence-electron chi connectivity index (χ2n) is 9.45. The highest BCUT2D eigenvalue weighted by molar-refractivity contribution is 5.89. The molecule has 0 spiro atoms. The lowest BCUT2D eigenvalue weighted by Gasteiger charge is -2.46. The smallest absolute Gasteiger partial charge is 0.321 e. The van der Waals surface area contributed by atoms with Crippen LogP contribution >= 0.6 is 0 Å². The minimum Gasteiger partial charge on any atom is -0.340 e. The van der Waals surface area contributed by atoms with Crippen LogP contribution in [0.5, 0.6) is 0 Å². The molecule has 1 aromatic rings. The zero-order valence-corrected chi connectivity index (χ0v) is 19.0. The Kier molecular flexibility index (Phi) is 7.28.